The van der Waals surface area contributed by atoms with E-state index in [4.69, 9.17) is 14.5 Å². The van der Waals surface area contributed by atoms with E-state index in [0.717, 1.165) is 21.5 Å². The van der Waals surface area contributed by atoms with Crippen LogP contribution in [0, 0.1) is 6.92 Å². The molecule has 0 saturated heterocycles. The van der Waals surface area contributed by atoms with E-state index in [0.29, 0.717) is 17.4 Å². The highest BCUT2D eigenvalue weighted by molar-refractivity contribution is 7.22. The van der Waals surface area contributed by atoms with E-state index < -0.39 is 0 Å². The number of thiazole rings is 1. The van der Waals surface area contributed by atoms with Gasteiger partial charge in [-0.2, -0.15) is 0 Å². The van der Waals surface area contributed by atoms with Crippen LogP contribution >= 0.6 is 11.3 Å². The topological polar surface area (TPSA) is 51.7 Å². The number of hydrogen-bond donors (Lipinski definition) is 0. The number of fused-ring (bicyclic) bond motifs is 1. The third kappa shape index (κ3) is 4.60. The normalized spacial score (nSPS) is 10.7. The Morgan fingerprint density at radius 3 is 2.47 bits per heavy atom. The molecule has 0 aliphatic heterocycles. The molecule has 1 aromatic heterocycles. The lowest BCUT2D eigenvalue weighted by molar-refractivity contribution is -0.120. The molecule has 0 N–H and O–H groups in total. The van der Waals surface area contributed by atoms with Crippen LogP contribution in [0.1, 0.15) is 11.1 Å². The highest BCUT2D eigenvalue weighted by Crippen LogP contribution is 2.30. The second-order valence-corrected chi connectivity index (χ2v) is 7.91. The standard InChI is InChI=1S/C24H22N2O3S/c1-17-8-13-21-22(14-17)30-24(25-21)26(15-18-6-4-3-5-7-18)23(27)16-29-20-11-9-19(28-2)10-12-20/h3-14H,15-16H2,1-2H3. The van der Waals surface area contributed by atoms with Crippen LogP contribution in [0.25, 0.3) is 10.2 Å². The highest BCUT2D eigenvalue weighted by Gasteiger charge is 2.21. The van der Waals surface area contributed by atoms with Crippen LogP contribution in [0.15, 0.2) is 72.8 Å². The van der Waals surface area contributed by atoms with Gasteiger partial charge in [0.1, 0.15) is 11.5 Å². The van der Waals surface area contributed by atoms with Crippen molar-refractivity contribution in [2.24, 2.45) is 0 Å². The van der Waals surface area contributed by atoms with Crippen molar-refractivity contribution < 1.29 is 14.3 Å². The summed E-state index contributed by atoms with van der Waals surface area (Å²) in [6.45, 7) is 2.41. The first kappa shape index (κ1) is 19.9. The van der Waals surface area contributed by atoms with Gasteiger partial charge in [-0.3, -0.25) is 9.69 Å². The number of carbonyl (C=O) groups excluding carboxylic acids is 1. The summed E-state index contributed by atoms with van der Waals surface area (Å²) < 4.78 is 11.9. The van der Waals surface area contributed by atoms with Crippen molar-refractivity contribution in [2.45, 2.75) is 13.5 Å². The Morgan fingerprint density at radius 1 is 1.00 bits per heavy atom. The van der Waals surface area contributed by atoms with Gasteiger partial charge in [-0.25, -0.2) is 4.98 Å². The summed E-state index contributed by atoms with van der Waals surface area (Å²) in [5, 5.41) is 0.669. The number of carbonyl (C=O) groups is 1. The fraction of sp³-hybridized carbons (Fsp3) is 0.167. The maximum Gasteiger partial charge on any atom is 0.267 e. The maximum absolute atomic E-state index is 13.1. The molecule has 0 fully saturated rings. The highest BCUT2D eigenvalue weighted by atomic mass is 32.1. The number of nitrogens with zero attached hydrogens (tertiary/aromatic N) is 2. The number of methoxy groups -OCH3 is 1. The van der Waals surface area contributed by atoms with E-state index in [1.54, 1.807) is 36.3 Å². The zero-order chi connectivity index (χ0) is 20.9. The van der Waals surface area contributed by atoms with Gasteiger partial charge in [0.2, 0.25) is 0 Å². The number of benzene rings is 3. The summed E-state index contributed by atoms with van der Waals surface area (Å²) >= 11 is 1.52. The van der Waals surface area contributed by atoms with Crippen molar-refractivity contribution in [3.8, 4) is 11.5 Å². The Morgan fingerprint density at radius 2 is 1.73 bits per heavy atom. The smallest absolute Gasteiger partial charge is 0.267 e. The van der Waals surface area contributed by atoms with Gasteiger partial charge in [0.25, 0.3) is 5.91 Å². The Balaban J connectivity index is 1.57. The number of aryl methyl sites for hydroxylation is 1. The zero-order valence-electron chi connectivity index (χ0n) is 16.9. The SMILES string of the molecule is COc1ccc(OCC(=O)N(Cc2ccccc2)c2nc3ccc(C)cc3s2)cc1. The first-order valence-corrected chi connectivity index (χ1v) is 10.4. The van der Waals surface area contributed by atoms with Crippen molar-refractivity contribution in [1.29, 1.82) is 0 Å². The molecule has 4 rings (SSSR count). The Kier molecular flexibility index (Phi) is 5.95. The summed E-state index contributed by atoms with van der Waals surface area (Å²) in [4.78, 5) is 19.5. The van der Waals surface area contributed by atoms with Gasteiger partial charge in [-0.05, 0) is 54.4 Å². The molecular formula is C24H22N2O3S. The summed E-state index contributed by atoms with van der Waals surface area (Å²) in [6, 6.07) is 23.2. The number of amides is 1. The first-order chi connectivity index (χ1) is 14.6. The van der Waals surface area contributed by atoms with E-state index in [1.807, 2.05) is 42.5 Å². The molecule has 0 bridgehead atoms. The van der Waals surface area contributed by atoms with Crippen LogP contribution in [-0.2, 0) is 11.3 Å². The predicted octanol–water partition coefficient (Wildman–Crippen LogP) is 5.23. The van der Waals surface area contributed by atoms with E-state index in [-0.39, 0.29) is 12.5 Å². The van der Waals surface area contributed by atoms with Crippen molar-refractivity contribution >= 4 is 32.6 Å². The average molecular weight is 419 g/mol. The van der Waals surface area contributed by atoms with Gasteiger partial charge in [0.05, 0.1) is 23.9 Å². The van der Waals surface area contributed by atoms with Gasteiger partial charge >= 0.3 is 0 Å². The molecule has 0 atom stereocenters. The summed E-state index contributed by atoms with van der Waals surface area (Å²) in [7, 11) is 1.61. The van der Waals surface area contributed by atoms with E-state index in [1.165, 1.54) is 16.9 Å². The van der Waals surface area contributed by atoms with Gasteiger partial charge in [-0.1, -0.05) is 47.7 Å². The van der Waals surface area contributed by atoms with E-state index in [2.05, 4.69) is 13.0 Å². The molecule has 5 nitrogen and oxygen atoms in total. The van der Waals surface area contributed by atoms with Crippen LogP contribution in [-0.4, -0.2) is 24.6 Å². The minimum absolute atomic E-state index is 0.0753. The molecule has 4 aromatic rings. The molecule has 6 heteroatoms. The molecule has 3 aromatic carbocycles. The molecule has 0 aliphatic rings. The Labute approximate surface area is 179 Å². The zero-order valence-corrected chi connectivity index (χ0v) is 17.7. The van der Waals surface area contributed by atoms with Crippen molar-refractivity contribution in [1.82, 2.24) is 4.98 Å². The maximum atomic E-state index is 13.1. The fourth-order valence-electron chi connectivity index (χ4n) is 3.06. The van der Waals surface area contributed by atoms with Gasteiger partial charge in [0, 0.05) is 0 Å². The number of ether oxygens (including phenoxy) is 2. The lowest BCUT2D eigenvalue weighted by atomic mass is 10.2. The van der Waals surface area contributed by atoms with Crippen LogP contribution < -0.4 is 14.4 Å². The average Bonchev–Trinajstić information content (AvgIpc) is 3.19. The predicted molar refractivity (Wildman–Crippen MR) is 120 cm³/mol. The lowest BCUT2D eigenvalue weighted by Crippen LogP contribution is -2.34. The summed E-state index contributed by atoms with van der Waals surface area (Å²) in [5.74, 6) is 1.21. The minimum Gasteiger partial charge on any atom is -0.497 e. The molecule has 1 amide bonds. The monoisotopic (exact) mass is 418 g/mol. The molecule has 152 valence electrons. The van der Waals surface area contributed by atoms with Crippen LogP contribution in [0.2, 0.25) is 0 Å². The molecule has 0 radical (unpaired) electrons. The summed E-state index contributed by atoms with van der Waals surface area (Å²) in [5.41, 5.74) is 3.09. The number of aromatic nitrogens is 1. The quantitative estimate of drug-likeness (QED) is 0.413. The Hall–Kier alpha value is -3.38. The second kappa shape index (κ2) is 8.97. The van der Waals surface area contributed by atoms with Gasteiger partial charge in [0.15, 0.2) is 11.7 Å². The molecule has 0 saturated carbocycles. The van der Waals surface area contributed by atoms with Crippen LogP contribution in [0.4, 0.5) is 5.13 Å². The summed E-state index contributed by atoms with van der Waals surface area (Å²) in [6.07, 6.45) is 0. The van der Waals surface area contributed by atoms with Crippen LogP contribution in [0.5, 0.6) is 11.5 Å². The van der Waals surface area contributed by atoms with Crippen molar-refractivity contribution in [3.05, 3.63) is 83.9 Å². The fourth-order valence-corrected chi connectivity index (χ4v) is 4.14. The molecule has 0 aliphatic carbocycles. The number of anilines is 1. The van der Waals surface area contributed by atoms with E-state index >= 15 is 0 Å². The molecule has 0 unspecified atom stereocenters. The van der Waals surface area contributed by atoms with Crippen molar-refractivity contribution in [3.63, 3.8) is 0 Å². The molecule has 1 heterocycles. The van der Waals surface area contributed by atoms with E-state index in [9.17, 15) is 4.79 Å². The van der Waals surface area contributed by atoms with Crippen molar-refractivity contribution in [2.75, 3.05) is 18.6 Å². The first-order valence-electron chi connectivity index (χ1n) is 9.61. The second-order valence-electron chi connectivity index (χ2n) is 6.90. The number of hydrogen-bond acceptors (Lipinski definition) is 5. The lowest BCUT2D eigenvalue weighted by Gasteiger charge is -2.20. The van der Waals surface area contributed by atoms with Gasteiger partial charge < -0.3 is 9.47 Å². The third-order valence-corrected chi connectivity index (χ3v) is 5.71. The van der Waals surface area contributed by atoms with Crippen LogP contribution in [0.3, 0.4) is 0 Å². The third-order valence-electron chi connectivity index (χ3n) is 4.67. The Bertz CT molecular complexity index is 1140. The minimum atomic E-state index is -0.148. The molecule has 0 spiro atoms. The molecular weight excluding hydrogens is 396 g/mol. The molecule has 30 heavy (non-hydrogen) atoms. The number of rotatable bonds is 7. The van der Waals surface area contributed by atoms with Gasteiger partial charge in [-0.15, -0.1) is 0 Å². The largest absolute Gasteiger partial charge is 0.497 e.